The van der Waals surface area contributed by atoms with Crippen LogP contribution in [0, 0.1) is 11.3 Å². The average Bonchev–Trinajstić information content (AvgIpc) is 2.37. The van der Waals surface area contributed by atoms with Gasteiger partial charge in [0.1, 0.15) is 0 Å². The highest BCUT2D eigenvalue weighted by Crippen LogP contribution is 2.40. The van der Waals surface area contributed by atoms with Crippen LogP contribution in [0.1, 0.15) is 79.1 Å². The molecule has 0 aromatic rings. The first-order chi connectivity index (χ1) is 7.37. The summed E-state index contributed by atoms with van der Waals surface area (Å²) in [6, 6.07) is 0. The van der Waals surface area contributed by atoms with Gasteiger partial charge < -0.3 is 5.73 Å². The van der Waals surface area contributed by atoms with Gasteiger partial charge in [-0.25, -0.2) is 0 Å². The molecular weight excluding hydrogens is 194 g/mol. The first-order valence-electron chi connectivity index (χ1n) is 7.16. The van der Waals surface area contributed by atoms with Gasteiger partial charge in [-0.15, -0.1) is 0 Å². The molecule has 0 saturated heterocycles. The molecule has 0 amide bonds. The molecule has 0 spiro atoms. The molecule has 0 aliphatic heterocycles. The van der Waals surface area contributed by atoms with Crippen LogP contribution in [0.2, 0.25) is 0 Å². The van der Waals surface area contributed by atoms with Crippen LogP contribution in [0.3, 0.4) is 0 Å². The van der Waals surface area contributed by atoms with E-state index in [0.717, 1.165) is 5.92 Å². The molecule has 1 nitrogen and oxygen atoms in total. The van der Waals surface area contributed by atoms with Crippen molar-refractivity contribution in [2.75, 3.05) is 0 Å². The van der Waals surface area contributed by atoms with E-state index in [-0.39, 0.29) is 5.54 Å². The first kappa shape index (κ1) is 14.0. The van der Waals surface area contributed by atoms with Gasteiger partial charge in [0.05, 0.1) is 0 Å². The lowest BCUT2D eigenvalue weighted by Crippen LogP contribution is -2.39. The second kappa shape index (κ2) is 5.53. The summed E-state index contributed by atoms with van der Waals surface area (Å²) in [7, 11) is 0. The second-order valence-electron chi connectivity index (χ2n) is 6.96. The van der Waals surface area contributed by atoms with Crippen LogP contribution >= 0.6 is 0 Å². The third-order valence-corrected chi connectivity index (χ3v) is 4.47. The lowest BCUT2D eigenvalue weighted by Gasteiger charge is -2.31. The smallest absolute Gasteiger partial charge is 0.0154 e. The topological polar surface area (TPSA) is 26.0 Å². The molecule has 0 heterocycles. The Labute approximate surface area is 102 Å². The first-order valence-corrected chi connectivity index (χ1v) is 7.16. The largest absolute Gasteiger partial charge is 0.325 e. The summed E-state index contributed by atoms with van der Waals surface area (Å²) < 4.78 is 0. The van der Waals surface area contributed by atoms with Crippen molar-refractivity contribution in [3.63, 3.8) is 0 Å². The standard InChI is InChI=1S/C15H31N/c1-5-6-10-15(16)11-7-8-13(9-12-15)14(2,3)4/h13H,5-12,16H2,1-4H3. The van der Waals surface area contributed by atoms with Crippen LogP contribution in [0.15, 0.2) is 0 Å². The number of hydrogen-bond donors (Lipinski definition) is 1. The van der Waals surface area contributed by atoms with Crippen molar-refractivity contribution in [3.05, 3.63) is 0 Å². The summed E-state index contributed by atoms with van der Waals surface area (Å²) in [5, 5.41) is 0. The molecular formula is C15H31N. The van der Waals surface area contributed by atoms with Gasteiger partial charge in [0.25, 0.3) is 0 Å². The number of hydrogen-bond acceptors (Lipinski definition) is 1. The molecule has 0 radical (unpaired) electrons. The van der Waals surface area contributed by atoms with Crippen molar-refractivity contribution >= 4 is 0 Å². The average molecular weight is 225 g/mol. The Morgan fingerprint density at radius 3 is 2.44 bits per heavy atom. The highest BCUT2D eigenvalue weighted by Gasteiger charge is 2.32. The molecule has 1 saturated carbocycles. The van der Waals surface area contributed by atoms with E-state index in [0.29, 0.717) is 5.41 Å². The summed E-state index contributed by atoms with van der Waals surface area (Å²) >= 11 is 0. The monoisotopic (exact) mass is 225 g/mol. The summed E-state index contributed by atoms with van der Waals surface area (Å²) in [6.07, 6.45) is 10.4. The molecule has 96 valence electrons. The van der Waals surface area contributed by atoms with E-state index in [4.69, 9.17) is 5.73 Å². The zero-order valence-electron chi connectivity index (χ0n) is 11.8. The Kier molecular flexibility index (Phi) is 4.85. The van der Waals surface area contributed by atoms with Gasteiger partial charge in [0.15, 0.2) is 0 Å². The fourth-order valence-corrected chi connectivity index (χ4v) is 3.08. The summed E-state index contributed by atoms with van der Waals surface area (Å²) in [5.41, 5.74) is 7.18. The van der Waals surface area contributed by atoms with Crippen LogP contribution in [-0.4, -0.2) is 5.54 Å². The lowest BCUT2D eigenvalue weighted by molar-refractivity contribution is 0.209. The fraction of sp³-hybridized carbons (Fsp3) is 1.00. The molecule has 0 bridgehead atoms. The summed E-state index contributed by atoms with van der Waals surface area (Å²) in [4.78, 5) is 0. The summed E-state index contributed by atoms with van der Waals surface area (Å²) in [6.45, 7) is 9.41. The van der Waals surface area contributed by atoms with E-state index in [1.807, 2.05) is 0 Å². The van der Waals surface area contributed by atoms with E-state index in [1.54, 1.807) is 0 Å². The molecule has 1 heteroatoms. The van der Waals surface area contributed by atoms with Crippen molar-refractivity contribution < 1.29 is 0 Å². The van der Waals surface area contributed by atoms with Crippen molar-refractivity contribution in [2.24, 2.45) is 17.1 Å². The third-order valence-electron chi connectivity index (χ3n) is 4.47. The maximum Gasteiger partial charge on any atom is 0.0154 e. The zero-order valence-corrected chi connectivity index (χ0v) is 11.8. The molecule has 1 fully saturated rings. The predicted octanol–water partition coefficient (Wildman–Crippen LogP) is 4.50. The van der Waals surface area contributed by atoms with E-state index >= 15 is 0 Å². The Morgan fingerprint density at radius 1 is 1.19 bits per heavy atom. The Hall–Kier alpha value is -0.0400. The highest BCUT2D eigenvalue weighted by atomic mass is 14.7. The van der Waals surface area contributed by atoms with E-state index < -0.39 is 0 Å². The van der Waals surface area contributed by atoms with Crippen LogP contribution < -0.4 is 5.73 Å². The van der Waals surface area contributed by atoms with E-state index in [2.05, 4.69) is 27.7 Å². The molecule has 1 aliphatic rings. The summed E-state index contributed by atoms with van der Waals surface area (Å²) in [5.74, 6) is 0.875. The van der Waals surface area contributed by atoms with E-state index in [1.165, 1.54) is 51.4 Å². The highest BCUT2D eigenvalue weighted by molar-refractivity contribution is 4.89. The zero-order chi connectivity index (χ0) is 12.2. The minimum absolute atomic E-state index is 0.163. The minimum Gasteiger partial charge on any atom is -0.325 e. The molecule has 0 aromatic carbocycles. The van der Waals surface area contributed by atoms with Gasteiger partial charge in [-0.1, -0.05) is 47.0 Å². The van der Waals surface area contributed by atoms with Crippen molar-refractivity contribution in [1.82, 2.24) is 0 Å². The maximum absolute atomic E-state index is 6.55. The van der Waals surface area contributed by atoms with Gasteiger partial charge in [-0.05, 0) is 43.4 Å². The Balaban J connectivity index is 2.51. The number of unbranched alkanes of at least 4 members (excludes halogenated alkanes) is 1. The van der Waals surface area contributed by atoms with Crippen LogP contribution in [-0.2, 0) is 0 Å². The predicted molar refractivity (Wildman–Crippen MR) is 72.5 cm³/mol. The van der Waals surface area contributed by atoms with Gasteiger partial charge in [0.2, 0.25) is 0 Å². The van der Waals surface area contributed by atoms with Gasteiger partial charge in [0, 0.05) is 5.54 Å². The molecule has 0 aromatic heterocycles. The Morgan fingerprint density at radius 2 is 1.88 bits per heavy atom. The van der Waals surface area contributed by atoms with Gasteiger partial charge in [-0.3, -0.25) is 0 Å². The number of rotatable bonds is 3. The lowest BCUT2D eigenvalue weighted by atomic mass is 9.76. The van der Waals surface area contributed by atoms with E-state index in [9.17, 15) is 0 Å². The van der Waals surface area contributed by atoms with Gasteiger partial charge >= 0.3 is 0 Å². The molecule has 2 atom stereocenters. The molecule has 2 N–H and O–H groups in total. The van der Waals surface area contributed by atoms with Crippen LogP contribution in [0.25, 0.3) is 0 Å². The normalized spacial score (nSPS) is 32.4. The van der Waals surface area contributed by atoms with Crippen molar-refractivity contribution in [2.45, 2.75) is 84.6 Å². The van der Waals surface area contributed by atoms with Crippen LogP contribution in [0.5, 0.6) is 0 Å². The third kappa shape index (κ3) is 4.08. The fourth-order valence-electron chi connectivity index (χ4n) is 3.08. The second-order valence-corrected chi connectivity index (χ2v) is 6.96. The van der Waals surface area contributed by atoms with Crippen molar-refractivity contribution in [1.29, 1.82) is 0 Å². The minimum atomic E-state index is 0.163. The quantitative estimate of drug-likeness (QED) is 0.703. The molecule has 2 unspecified atom stereocenters. The molecule has 1 rings (SSSR count). The van der Waals surface area contributed by atoms with Gasteiger partial charge in [-0.2, -0.15) is 0 Å². The molecule has 1 aliphatic carbocycles. The SMILES string of the molecule is CCCCC1(N)CCCC(C(C)(C)C)CC1. The number of nitrogens with two attached hydrogens (primary N) is 1. The van der Waals surface area contributed by atoms with Crippen LogP contribution in [0.4, 0.5) is 0 Å². The maximum atomic E-state index is 6.55. The Bertz CT molecular complexity index is 204. The van der Waals surface area contributed by atoms with Crippen molar-refractivity contribution in [3.8, 4) is 0 Å². The molecule has 16 heavy (non-hydrogen) atoms.